The molecule has 2 fully saturated rings. The number of anilines is 1. The molecule has 0 unspecified atom stereocenters. The Balaban J connectivity index is 1.22. The Hall–Kier alpha value is -3.39. The molecule has 0 aliphatic carbocycles. The van der Waals surface area contributed by atoms with Crippen molar-refractivity contribution in [3.8, 4) is 11.5 Å². The number of nitrogens with zero attached hydrogens (tertiary/aromatic N) is 3. The summed E-state index contributed by atoms with van der Waals surface area (Å²) in [4.78, 5) is 22.2. The number of hydrogen-bond acceptors (Lipinski definition) is 5. The summed E-state index contributed by atoms with van der Waals surface area (Å²) in [5.41, 5.74) is 2.28. The number of pyridine rings is 1. The first-order valence-electron chi connectivity index (χ1n) is 11.9. The van der Waals surface area contributed by atoms with E-state index < -0.39 is 0 Å². The van der Waals surface area contributed by atoms with Gasteiger partial charge in [-0.2, -0.15) is 0 Å². The van der Waals surface area contributed by atoms with E-state index in [1.165, 1.54) is 0 Å². The van der Waals surface area contributed by atoms with Crippen molar-refractivity contribution in [2.75, 3.05) is 45.7 Å². The van der Waals surface area contributed by atoms with E-state index in [2.05, 4.69) is 15.2 Å². The Morgan fingerprint density at radius 2 is 1.71 bits per heavy atom. The lowest BCUT2D eigenvalue weighted by Gasteiger charge is -2.40. The first kappa shape index (κ1) is 23.4. The summed E-state index contributed by atoms with van der Waals surface area (Å²) in [5.74, 6) is 1.45. The van der Waals surface area contributed by atoms with Crippen molar-refractivity contribution in [1.82, 2.24) is 14.8 Å². The second-order valence-corrected chi connectivity index (χ2v) is 9.74. The summed E-state index contributed by atoms with van der Waals surface area (Å²) in [6, 6.07) is 17.3. The Labute approximate surface area is 211 Å². The van der Waals surface area contributed by atoms with E-state index in [1.54, 1.807) is 20.3 Å². The molecule has 8 heteroatoms. The number of rotatable bonds is 4. The number of likely N-dealkylation sites (tertiary alicyclic amines) is 2. The van der Waals surface area contributed by atoms with Crippen LogP contribution in [0, 0.1) is 5.41 Å². The van der Waals surface area contributed by atoms with Crippen molar-refractivity contribution in [1.29, 1.82) is 0 Å². The molecule has 3 heterocycles. The predicted octanol–water partition coefficient (Wildman–Crippen LogP) is 4.58. The van der Waals surface area contributed by atoms with E-state index in [4.69, 9.17) is 21.7 Å². The van der Waals surface area contributed by atoms with Crippen LogP contribution in [0.2, 0.25) is 0 Å². The first-order chi connectivity index (χ1) is 17.0. The molecule has 35 heavy (non-hydrogen) atoms. The zero-order valence-electron chi connectivity index (χ0n) is 20.1. The van der Waals surface area contributed by atoms with Crippen molar-refractivity contribution in [3.63, 3.8) is 0 Å². The van der Waals surface area contributed by atoms with Gasteiger partial charge in [0.25, 0.3) is 5.91 Å². The maximum atomic E-state index is 13.4. The van der Waals surface area contributed by atoms with Crippen molar-refractivity contribution < 1.29 is 14.3 Å². The van der Waals surface area contributed by atoms with Crippen molar-refractivity contribution in [2.45, 2.75) is 19.3 Å². The minimum Gasteiger partial charge on any atom is -0.497 e. The van der Waals surface area contributed by atoms with Crippen LogP contribution in [0.25, 0.3) is 10.9 Å². The summed E-state index contributed by atoms with van der Waals surface area (Å²) in [6.45, 7) is 3.26. The second-order valence-electron chi connectivity index (χ2n) is 9.35. The average molecular weight is 491 g/mol. The average Bonchev–Trinajstić information content (AvgIpc) is 3.31. The maximum Gasteiger partial charge on any atom is 0.272 e. The van der Waals surface area contributed by atoms with Gasteiger partial charge in [-0.1, -0.05) is 18.2 Å². The molecule has 0 atom stereocenters. The molecular weight excluding hydrogens is 460 g/mol. The Bertz CT molecular complexity index is 1260. The monoisotopic (exact) mass is 490 g/mol. The molecule has 0 saturated carbocycles. The maximum absolute atomic E-state index is 13.4. The highest BCUT2D eigenvalue weighted by Crippen LogP contribution is 2.41. The molecule has 3 aromatic rings. The topological polar surface area (TPSA) is 66.9 Å². The molecule has 0 radical (unpaired) electrons. The number of aromatic nitrogens is 1. The predicted molar refractivity (Wildman–Crippen MR) is 141 cm³/mol. The van der Waals surface area contributed by atoms with Crippen molar-refractivity contribution in [3.05, 3.63) is 60.3 Å². The number of para-hydroxylation sites is 1. The smallest absolute Gasteiger partial charge is 0.272 e. The van der Waals surface area contributed by atoms with Gasteiger partial charge in [0, 0.05) is 49.4 Å². The third-order valence-corrected chi connectivity index (χ3v) is 7.64. The zero-order chi connectivity index (χ0) is 24.4. The lowest BCUT2D eigenvalue weighted by Crippen LogP contribution is -2.46. The summed E-state index contributed by atoms with van der Waals surface area (Å²) >= 11 is 5.68. The van der Waals surface area contributed by atoms with Gasteiger partial charge in [0.15, 0.2) is 5.11 Å². The standard InChI is InChI=1S/C27H30N4O3S/c1-33-20-7-5-6-19(16-20)28-26(35)30-13-10-27(11-14-30)12-15-31(18-27)25(32)23-17-24(34-2)21-8-3-4-9-22(21)29-23/h3-9,16-17H,10-15,18H2,1-2H3,(H,28,35). The van der Waals surface area contributed by atoms with Crippen LogP contribution >= 0.6 is 12.2 Å². The van der Waals surface area contributed by atoms with E-state index in [-0.39, 0.29) is 11.3 Å². The minimum atomic E-state index is -0.0245. The lowest BCUT2D eigenvalue weighted by molar-refractivity contribution is 0.0743. The molecule has 1 aromatic heterocycles. The lowest BCUT2D eigenvalue weighted by atomic mass is 9.78. The van der Waals surface area contributed by atoms with Gasteiger partial charge in [0.05, 0.1) is 19.7 Å². The van der Waals surface area contributed by atoms with Gasteiger partial charge >= 0.3 is 0 Å². The quantitative estimate of drug-likeness (QED) is 0.537. The van der Waals surface area contributed by atoms with Gasteiger partial charge in [0.2, 0.25) is 0 Å². The van der Waals surface area contributed by atoms with Gasteiger partial charge in [-0.15, -0.1) is 0 Å². The number of thiocarbonyl (C=S) groups is 1. The number of hydrogen-bond donors (Lipinski definition) is 1. The zero-order valence-corrected chi connectivity index (χ0v) is 20.9. The molecule has 1 spiro atoms. The van der Waals surface area contributed by atoms with Gasteiger partial charge in [0.1, 0.15) is 17.2 Å². The molecule has 2 aliphatic rings. The second kappa shape index (κ2) is 9.70. The van der Waals surface area contributed by atoms with Crippen LogP contribution in [0.4, 0.5) is 5.69 Å². The number of nitrogens with one attached hydrogen (secondary N) is 1. The molecule has 5 rings (SSSR count). The summed E-state index contributed by atoms with van der Waals surface area (Å²) < 4.78 is 10.8. The highest BCUT2D eigenvalue weighted by Gasteiger charge is 2.42. The molecule has 1 N–H and O–H groups in total. The number of benzene rings is 2. The normalized spacial score (nSPS) is 17.0. The molecule has 7 nitrogen and oxygen atoms in total. The molecule has 2 aromatic carbocycles. The van der Waals surface area contributed by atoms with Crippen LogP contribution in [-0.2, 0) is 0 Å². The van der Waals surface area contributed by atoms with Crippen LogP contribution < -0.4 is 14.8 Å². The number of fused-ring (bicyclic) bond motifs is 1. The van der Waals surface area contributed by atoms with Crippen LogP contribution in [-0.4, -0.2) is 66.2 Å². The number of carbonyl (C=O) groups excluding carboxylic acids is 1. The highest BCUT2D eigenvalue weighted by molar-refractivity contribution is 7.80. The van der Waals surface area contributed by atoms with E-state index in [0.717, 1.165) is 72.9 Å². The summed E-state index contributed by atoms with van der Waals surface area (Å²) in [7, 11) is 3.28. The molecule has 182 valence electrons. The van der Waals surface area contributed by atoms with Gasteiger partial charge in [-0.3, -0.25) is 4.79 Å². The number of amides is 1. The molecular formula is C27H30N4O3S. The Morgan fingerprint density at radius 3 is 2.46 bits per heavy atom. The number of carbonyl (C=O) groups is 1. The van der Waals surface area contributed by atoms with Crippen LogP contribution in [0.15, 0.2) is 54.6 Å². The fourth-order valence-corrected chi connectivity index (χ4v) is 5.49. The van der Waals surface area contributed by atoms with E-state index in [0.29, 0.717) is 11.4 Å². The Kier molecular flexibility index (Phi) is 6.47. The van der Waals surface area contributed by atoms with E-state index in [1.807, 2.05) is 53.4 Å². The van der Waals surface area contributed by atoms with Crippen LogP contribution in [0.3, 0.4) is 0 Å². The minimum absolute atomic E-state index is 0.0245. The van der Waals surface area contributed by atoms with Gasteiger partial charge < -0.3 is 24.6 Å². The molecule has 2 aliphatic heterocycles. The third-order valence-electron chi connectivity index (χ3n) is 7.28. The number of methoxy groups -OCH3 is 2. The van der Waals surface area contributed by atoms with Crippen LogP contribution in [0.5, 0.6) is 11.5 Å². The van der Waals surface area contributed by atoms with Gasteiger partial charge in [-0.25, -0.2) is 4.98 Å². The highest BCUT2D eigenvalue weighted by atomic mass is 32.1. The first-order valence-corrected chi connectivity index (χ1v) is 12.3. The van der Waals surface area contributed by atoms with Gasteiger partial charge in [-0.05, 0) is 61.2 Å². The molecule has 0 bridgehead atoms. The molecule has 1 amide bonds. The van der Waals surface area contributed by atoms with E-state index in [9.17, 15) is 4.79 Å². The van der Waals surface area contributed by atoms with Crippen molar-refractivity contribution in [2.24, 2.45) is 5.41 Å². The van der Waals surface area contributed by atoms with Crippen molar-refractivity contribution >= 4 is 39.8 Å². The third kappa shape index (κ3) is 4.75. The van der Waals surface area contributed by atoms with E-state index >= 15 is 0 Å². The fourth-order valence-electron chi connectivity index (χ4n) is 5.19. The SMILES string of the molecule is COc1cccc(NC(=S)N2CCC3(CCN(C(=O)c4cc(OC)c5ccccc5n4)C3)CC2)c1. The fraction of sp³-hybridized carbons (Fsp3) is 0.370. The van der Waals surface area contributed by atoms with Crippen LogP contribution in [0.1, 0.15) is 29.8 Å². The summed E-state index contributed by atoms with van der Waals surface area (Å²) in [6.07, 6.45) is 3.02. The number of piperidine rings is 1. The Morgan fingerprint density at radius 1 is 0.971 bits per heavy atom. The largest absolute Gasteiger partial charge is 0.497 e. The molecule has 2 saturated heterocycles. The summed E-state index contributed by atoms with van der Waals surface area (Å²) in [5, 5.41) is 4.97. The number of ether oxygens (including phenoxy) is 2.